The summed E-state index contributed by atoms with van der Waals surface area (Å²) in [5.41, 5.74) is 1.43. The van der Waals surface area contributed by atoms with Gasteiger partial charge in [-0.05, 0) is 24.3 Å². The summed E-state index contributed by atoms with van der Waals surface area (Å²) < 4.78 is 28.4. The number of hydrogen-bond donors (Lipinski definition) is 1. The van der Waals surface area contributed by atoms with Crippen molar-refractivity contribution in [2.24, 2.45) is 0 Å². The molecule has 4 aromatic rings. The molecule has 0 unspecified atom stereocenters. The second-order valence-electron chi connectivity index (χ2n) is 4.73. The Morgan fingerprint density at radius 2 is 1.91 bits per heavy atom. The lowest BCUT2D eigenvalue weighted by Crippen LogP contribution is -2.03. The van der Waals surface area contributed by atoms with Crippen molar-refractivity contribution in [3.05, 3.63) is 60.4 Å². The normalized spacial score (nSPS) is 11.2. The number of aromatic nitrogens is 4. The first-order chi connectivity index (χ1) is 10.7. The highest BCUT2D eigenvalue weighted by Crippen LogP contribution is 2.24. The van der Waals surface area contributed by atoms with E-state index in [1.165, 1.54) is 18.5 Å². The molecule has 0 aliphatic carbocycles. The lowest BCUT2D eigenvalue weighted by atomic mass is 10.2. The van der Waals surface area contributed by atoms with Gasteiger partial charge < -0.3 is 5.32 Å². The van der Waals surface area contributed by atoms with Gasteiger partial charge in [0.05, 0.1) is 11.2 Å². The zero-order valence-corrected chi connectivity index (χ0v) is 11.2. The van der Waals surface area contributed by atoms with Crippen molar-refractivity contribution in [3.8, 4) is 0 Å². The van der Waals surface area contributed by atoms with Crippen molar-refractivity contribution < 1.29 is 8.78 Å². The predicted octanol–water partition coefficient (Wildman–Crippen LogP) is 3.30. The largest absolute Gasteiger partial charge is 0.323 e. The van der Waals surface area contributed by atoms with Crippen molar-refractivity contribution in [1.29, 1.82) is 0 Å². The Morgan fingerprint density at radius 3 is 2.77 bits per heavy atom. The van der Waals surface area contributed by atoms with Crippen molar-refractivity contribution in [1.82, 2.24) is 19.6 Å². The van der Waals surface area contributed by atoms with Gasteiger partial charge in [-0.1, -0.05) is 12.1 Å². The minimum atomic E-state index is -0.698. The van der Waals surface area contributed by atoms with Crippen LogP contribution < -0.4 is 5.32 Å². The van der Waals surface area contributed by atoms with E-state index in [0.29, 0.717) is 17.1 Å². The Morgan fingerprint density at radius 1 is 1.05 bits per heavy atom. The molecule has 0 saturated carbocycles. The first-order valence-electron chi connectivity index (χ1n) is 6.53. The Balaban J connectivity index is 1.91. The third kappa shape index (κ3) is 1.95. The van der Waals surface area contributed by atoms with E-state index in [-0.39, 0.29) is 5.69 Å². The summed E-state index contributed by atoms with van der Waals surface area (Å²) in [4.78, 5) is 4.45. The maximum Gasteiger partial charge on any atom is 0.215 e. The maximum absolute atomic E-state index is 13.8. The topological polar surface area (TPSA) is 55.1 Å². The molecule has 0 bridgehead atoms. The summed E-state index contributed by atoms with van der Waals surface area (Å²) in [5.74, 6) is -0.982. The number of benzene rings is 2. The van der Waals surface area contributed by atoms with Crippen molar-refractivity contribution in [3.63, 3.8) is 0 Å². The number of anilines is 2. The Kier molecular flexibility index (Phi) is 2.72. The molecule has 0 fully saturated rings. The van der Waals surface area contributed by atoms with Gasteiger partial charge in [0.2, 0.25) is 5.95 Å². The van der Waals surface area contributed by atoms with Crippen LogP contribution in [-0.4, -0.2) is 19.6 Å². The van der Waals surface area contributed by atoms with Gasteiger partial charge in [-0.2, -0.15) is 0 Å². The third-order valence-electron chi connectivity index (χ3n) is 3.32. The molecule has 22 heavy (non-hydrogen) atoms. The van der Waals surface area contributed by atoms with Crippen LogP contribution in [0.2, 0.25) is 0 Å². The van der Waals surface area contributed by atoms with E-state index in [1.54, 1.807) is 4.40 Å². The number of fused-ring (bicyclic) bond motifs is 3. The molecule has 2 heterocycles. The molecule has 2 aromatic heterocycles. The number of rotatable bonds is 2. The SMILES string of the molecule is Fc1ccc(Nc2nc3ccccc3c3nncn23)c(F)c1. The Bertz CT molecular complexity index is 996. The number of halogens is 2. The number of nitrogens with zero attached hydrogens (tertiary/aromatic N) is 4. The highest BCUT2D eigenvalue weighted by Gasteiger charge is 2.11. The van der Waals surface area contributed by atoms with Gasteiger partial charge in [-0.3, -0.25) is 4.40 Å². The molecule has 2 aromatic carbocycles. The van der Waals surface area contributed by atoms with Gasteiger partial charge in [-0.25, -0.2) is 13.8 Å². The van der Waals surface area contributed by atoms with Gasteiger partial charge in [0.1, 0.15) is 18.0 Å². The second kappa shape index (κ2) is 4.73. The van der Waals surface area contributed by atoms with E-state index in [4.69, 9.17) is 0 Å². The average Bonchev–Trinajstić information content (AvgIpc) is 3.00. The molecule has 0 spiro atoms. The van der Waals surface area contributed by atoms with Crippen LogP contribution in [0.5, 0.6) is 0 Å². The van der Waals surface area contributed by atoms with Gasteiger partial charge >= 0.3 is 0 Å². The highest BCUT2D eigenvalue weighted by atomic mass is 19.1. The van der Waals surface area contributed by atoms with E-state index in [0.717, 1.165) is 11.5 Å². The van der Waals surface area contributed by atoms with E-state index < -0.39 is 11.6 Å². The maximum atomic E-state index is 13.8. The highest BCUT2D eigenvalue weighted by molar-refractivity contribution is 5.92. The average molecular weight is 297 g/mol. The van der Waals surface area contributed by atoms with Crippen LogP contribution in [0.15, 0.2) is 48.8 Å². The quantitative estimate of drug-likeness (QED) is 0.617. The minimum absolute atomic E-state index is 0.124. The molecule has 0 atom stereocenters. The zero-order chi connectivity index (χ0) is 15.1. The molecular weight excluding hydrogens is 288 g/mol. The first-order valence-corrected chi connectivity index (χ1v) is 6.53. The standard InChI is InChI=1S/C15H9F2N5/c16-9-5-6-13(11(17)7-9)20-15-19-12-4-2-1-3-10(12)14-21-18-8-22(14)15/h1-8H,(H,19,20). The van der Waals surface area contributed by atoms with Crippen LogP contribution in [0.3, 0.4) is 0 Å². The molecular formula is C15H9F2N5. The van der Waals surface area contributed by atoms with E-state index in [1.807, 2.05) is 24.3 Å². The van der Waals surface area contributed by atoms with Crippen molar-refractivity contribution in [2.45, 2.75) is 0 Å². The minimum Gasteiger partial charge on any atom is -0.323 e. The fraction of sp³-hybridized carbons (Fsp3) is 0. The molecule has 0 amide bonds. The van der Waals surface area contributed by atoms with Gasteiger partial charge in [0.15, 0.2) is 5.65 Å². The van der Waals surface area contributed by atoms with Crippen molar-refractivity contribution >= 4 is 28.2 Å². The Labute approximate surface area is 123 Å². The third-order valence-corrected chi connectivity index (χ3v) is 3.32. The Hall–Kier alpha value is -3.09. The zero-order valence-electron chi connectivity index (χ0n) is 11.2. The molecule has 0 saturated heterocycles. The second-order valence-corrected chi connectivity index (χ2v) is 4.73. The lowest BCUT2D eigenvalue weighted by Gasteiger charge is -2.10. The smallest absolute Gasteiger partial charge is 0.215 e. The van der Waals surface area contributed by atoms with Gasteiger partial charge in [0, 0.05) is 11.5 Å². The summed E-state index contributed by atoms with van der Waals surface area (Å²) in [7, 11) is 0. The summed E-state index contributed by atoms with van der Waals surface area (Å²) >= 11 is 0. The summed E-state index contributed by atoms with van der Waals surface area (Å²) in [6, 6.07) is 10.8. The molecule has 0 aliphatic heterocycles. The van der Waals surface area contributed by atoms with Crippen LogP contribution in [0.4, 0.5) is 20.4 Å². The monoisotopic (exact) mass is 297 g/mol. The molecule has 108 valence electrons. The number of hydrogen-bond acceptors (Lipinski definition) is 4. The molecule has 0 aliphatic rings. The molecule has 7 heteroatoms. The molecule has 4 rings (SSSR count). The van der Waals surface area contributed by atoms with Crippen LogP contribution in [0, 0.1) is 11.6 Å². The predicted molar refractivity (Wildman–Crippen MR) is 77.9 cm³/mol. The lowest BCUT2D eigenvalue weighted by molar-refractivity contribution is 0.586. The summed E-state index contributed by atoms with van der Waals surface area (Å²) in [5, 5.41) is 11.6. The number of nitrogens with one attached hydrogen (secondary N) is 1. The fourth-order valence-electron chi connectivity index (χ4n) is 2.30. The molecule has 5 nitrogen and oxygen atoms in total. The first kappa shape index (κ1) is 12.6. The van der Waals surface area contributed by atoms with Gasteiger partial charge in [0.25, 0.3) is 0 Å². The summed E-state index contributed by atoms with van der Waals surface area (Å²) in [6.07, 6.45) is 1.48. The fourth-order valence-corrected chi connectivity index (χ4v) is 2.30. The van der Waals surface area contributed by atoms with Crippen LogP contribution >= 0.6 is 0 Å². The number of para-hydroxylation sites is 1. The van der Waals surface area contributed by atoms with Crippen LogP contribution in [-0.2, 0) is 0 Å². The van der Waals surface area contributed by atoms with Crippen LogP contribution in [0.1, 0.15) is 0 Å². The summed E-state index contributed by atoms with van der Waals surface area (Å²) in [6.45, 7) is 0. The van der Waals surface area contributed by atoms with Gasteiger partial charge in [-0.15, -0.1) is 10.2 Å². The van der Waals surface area contributed by atoms with Crippen LogP contribution in [0.25, 0.3) is 16.6 Å². The molecule has 1 N–H and O–H groups in total. The van der Waals surface area contributed by atoms with E-state index >= 15 is 0 Å². The van der Waals surface area contributed by atoms with E-state index in [2.05, 4.69) is 20.5 Å². The van der Waals surface area contributed by atoms with Crippen molar-refractivity contribution in [2.75, 3.05) is 5.32 Å². The molecule has 0 radical (unpaired) electrons. The van der Waals surface area contributed by atoms with E-state index in [9.17, 15) is 8.78 Å².